The zero-order chi connectivity index (χ0) is 25.7. The van der Waals surface area contributed by atoms with Crippen molar-refractivity contribution in [1.29, 1.82) is 0 Å². The lowest BCUT2D eigenvalue weighted by Gasteiger charge is -2.17. The van der Waals surface area contributed by atoms with Crippen LogP contribution in [-0.4, -0.2) is 56.3 Å². The molecule has 0 bridgehead atoms. The van der Waals surface area contributed by atoms with E-state index in [0.29, 0.717) is 21.7 Å². The minimum Gasteiger partial charge on any atom is -0.497 e. The molecule has 1 atom stereocenters. The largest absolute Gasteiger partial charge is 0.497 e. The molecule has 0 aliphatic heterocycles. The van der Waals surface area contributed by atoms with E-state index in [0.717, 1.165) is 23.4 Å². The molecule has 11 heteroatoms. The van der Waals surface area contributed by atoms with Crippen LogP contribution >= 0.6 is 11.6 Å². The highest BCUT2D eigenvalue weighted by molar-refractivity contribution is 6.31. The number of aliphatic carboxylic acids is 2. The average Bonchev–Trinajstić information content (AvgIpc) is 3.19. The van der Waals surface area contributed by atoms with Gasteiger partial charge in [0.2, 0.25) is 0 Å². The van der Waals surface area contributed by atoms with Crippen LogP contribution in [0, 0.1) is 0 Å². The Bertz CT molecular complexity index is 1410. The zero-order valence-corrected chi connectivity index (χ0v) is 19.5. The van der Waals surface area contributed by atoms with E-state index in [1.54, 1.807) is 37.6 Å². The van der Waals surface area contributed by atoms with Crippen LogP contribution in [-0.2, 0) is 16.0 Å². The smallest absolute Gasteiger partial charge is 0.339 e. The van der Waals surface area contributed by atoms with Crippen LogP contribution in [0.4, 0.5) is 5.82 Å². The monoisotopic (exact) mass is 499 g/mol. The summed E-state index contributed by atoms with van der Waals surface area (Å²) in [5.74, 6) is -2.56. The van der Waals surface area contributed by atoms with E-state index in [2.05, 4.69) is 15.3 Å². The number of anilines is 1. The molecule has 0 amide bonds. The number of methoxy groups -OCH3 is 1. The quantitative estimate of drug-likeness (QED) is 0.250. The number of pyridine rings is 1. The Labute approximate surface area is 204 Å². The van der Waals surface area contributed by atoms with Crippen LogP contribution in [0.3, 0.4) is 0 Å². The number of carboxylic acids is 3. The first-order valence-electron chi connectivity index (χ1n) is 10.3. The number of carboxylic acid groups (broad SMARTS) is 3. The second-order valence-corrected chi connectivity index (χ2v) is 7.95. The summed E-state index contributed by atoms with van der Waals surface area (Å²) in [6, 6.07) is 10.7. The van der Waals surface area contributed by atoms with Gasteiger partial charge in [0, 0.05) is 40.9 Å². The van der Waals surface area contributed by atoms with Crippen molar-refractivity contribution < 1.29 is 34.4 Å². The lowest BCUT2D eigenvalue weighted by atomic mass is 10.0. The van der Waals surface area contributed by atoms with Crippen molar-refractivity contribution in [3.8, 4) is 5.75 Å². The summed E-state index contributed by atoms with van der Waals surface area (Å²) in [7, 11) is 1.56. The predicted molar refractivity (Wildman–Crippen MR) is 131 cm³/mol. The summed E-state index contributed by atoms with van der Waals surface area (Å²) in [5.41, 5.74) is 1.95. The Morgan fingerprint density at radius 3 is 2.46 bits per heavy atom. The first-order valence-corrected chi connectivity index (χ1v) is 10.6. The number of aromatic carboxylic acids is 1. The molecular formula is C24H22ClN3O7. The molecule has 10 nitrogen and oxygen atoms in total. The van der Waals surface area contributed by atoms with Crippen LogP contribution in [0.1, 0.15) is 22.8 Å². The Balaban J connectivity index is 0.000000795. The van der Waals surface area contributed by atoms with Gasteiger partial charge in [-0.3, -0.25) is 4.79 Å². The highest BCUT2D eigenvalue weighted by Crippen LogP contribution is 2.27. The summed E-state index contributed by atoms with van der Waals surface area (Å²) in [6.07, 6.45) is 1.83. The number of hydrogen-bond donors (Lipinski definition) is 5. The molecule has 0 spiro atoms. The van der Waals surface area contributed by atoms with Crippen LogP contribution < -0.4 is 10.1 Å². The van der Waals surface area contributed by atoms with E-state index in [-0.39, 0.29) is 17.8 Å². The van der Waals surface area contributed by atoms with Crippen LogP contribution in [0.5, 0.6) is 5.75 Å². The maximum atomic E-state index is 12.0. The van der Waals surface area contributed by atoms with Gasteiger partial charge in [-0.2, -0.15) is 0 Å². The number of H-pyrrole nitrogens is 1. The first-order chi connectivity index (χ1) is 16.6. The van der Waals surface area contributed by atoms with E-state index in [1.165, 1.54) is 6.07 Å². The summed E-state index contributed by atoms with van der Waals surface area (Å²) >= 11 is 5.98. The second-order valence-electron chi connectivity index (χ2n) is 7.51. The topological polar surface area (TPSA) is 162 Å². The van der Waals surface area contributed by atoms with Gasteiger partial charge < -0.3 is 30.4 Å². The SMILES string of the molecule is CC(=O)O.COc1ccc2[nH]cc(CC(Nc3nc4ccc(Cl)cc4cc3C(=O)O)C(=O)O)c2c1. The number of ether oxygens (including phenoxy) is 1. The van der Waals surface area contributed by atoms with Crippen molar-refractivity contribution >= 4 is 57.1 Å². The minimum atomic E-state index is -1.22. The number of aromatic amines is 1. The molecule has 2 aromatic heterocycles. The fourth-order valence-corrected chi connectivity index (χ4v) is 3.64. The van der Waals surface area contributed by atoms with Gasteiger partial charge in [-0.25, -0.2) is 14.6 Å². The molecule has 5 N–H and O–H groups in total. The van der Waals surface area contributed by atoms with Gasteiger partial charge in [0.1, 0.15) is 23.2 Å². The van der Waals surface area contributed by atoms with Crippen molar-refractivity contribution in [1.82, 2.24) is 9.97 Å². The van der Waals surface area contributed by atoms with Crippen molar-refractivity contribution in [3.63, 3.8) is 0 Å². The third kappa shape index (κ3) is 6.18. The molecule has 2 aromatic carbocycles. The van der Waals surface area contributed by atoms with E-state index >= 15 is 0 Å². The Morgan fingerprint density at radius 1 is 1.11 bits per heavy atom. The number of hydrogen-bond acceptors (Lipinski definition) is 6. The van der Waals surface area contributed by atoms with Crippen LogP contribution in [0.2, 0.25) is 5.02 Å². The minimum absolute atomic E-state index is 0.0212. The summed E-state index contributed by atoms with van der Waals surface area (Å²) in [4.78, 5) is 40.2. The molecule has 0 aliphatic rings. The maximum absolute atomic E-state index is 12.0. The number of carbonyl (C=O) groups is 3. The lowest BCUT2D eigenvalue weighted by Crippen LogP contribution is -2.32. The molecule has 0 radical (unpaired) electrons. The molecule has 0 saturated carbocycles. The van der Waals surface area contributed by atoms with E-state index in [1.807, 2.05) is 12.1 Å². The fraction of sp³-hybridized carbons (Fsp3) is 0.167. The molecule has 0 aliphatic carbocycles. The summed E-state index contributed by atoms with van der Waals surface area (Å²) < 4.78 is 5.26. The van der Waals surface area contributed by atoms with Gasteiger partial charge in [0.25, 0.3) is 5.97 Å². The molecule has 4 rings (SSSR count). The number of halogens is 1. The van der Waals surface area contributed by atoms with Crippen molar-refractivity contribution in [2.24, 2.45) is 0 Å². The maximum Gasteiger partial charge on any atom is 0.339 e. The number of aromatic nitrogens is 2. The molecule has 0 saturated heterocycles. The van der Waals surface area contributed by atoms with E-state index in [9.17, 15) is 19.8 Å². The third-order valence-corrected chi connectivity index (χ3v) is 5.25. The van der Waals surface area contributed by atoms with Crippen molar-refractivity contribution in [2.45, 2.75) is 19.4 Å². The second kappa shape index (κ2) is 10.7. The number of nitrogens with zero attached hydrogens (tertiary/aromatic N) is 1. The number of benzene rings is 2. The van der Waals surface area contributed by atoms with Gasteiger partial charge >= 0.3 is 11.9 Å². The molecule has 1 unspecified atom stereocenters. The van der Waals surface area contributed by atoms with E-state index in [4.69, 9.17) is 26.2 Å². The van der Waals surface area contributed by atoms with E-state index < -0.39 is 23.9 Å². The standard InChI is InChI=1S/C22H18ClN3O5.C2H4O2/c1-31-14-3-5-18-15(9-14)12(10-24-18)8-19(22(29)30)26-20-16(21(27)28)7-11-6-13(23)2-4-17(11)25-20;1-2(3)4/h2-7,9-10,19,24H,8H2,1H3,(H,25,26)(H,27,28)(H,29,30);1H3,(H,3,4). The van der Waals surface area contributed by atoms with Crippen molar-refractivity contribution in [2.75, 3.05) is 12.4 Å². The average molecular weight is 500 g/mol. The summed E-state index contributed by atoms with van der Waals surface area (Å²) in [5, 5.41) is 31.5. The van der Waals surface area contributed by atoms with Gasteiger partial charge in [-0.05, 0) is 48.0 Å². The Kier molecular flexibility index (Phi) is 7.77. The number of fused-ring (bicyclic) bond motifs is 2. The normalized spacial score (nSPS) is 11.4. The summed E-state index contributed by atoms with van der Waals surface area (Å²) in [6.45, 7) is 1.08. The van der Waals surface area contributed by atoms with Crippen LogP contribution in [0.15, 0.2) is 48.7 Å². The first kappa shape index (κ1) is 25.3. The molecule has 2 heterocycles. The molecule has 35 heavy (non-hydrogen) atoms. The van der Waals surface area contributed by atoms with Crippen LogP contribution in [0.25, 0.3) is 21.8 Å². The number of nitrogens with one attached hydrogen (secondary N) is 2. The molecule has 0 fully saturated rings. The zero-order valence-electron chi connectivity index (χ0n) is 18.7. The highest BCUT2D eigenvalue weighted by Gasteiger charge is 2.23. The highest BCUT2D eigenvalue weighted by atomic mass is 35.5. The molecular weight excluding hydrogens is 478 g/mol. The Morgan fingerprint density at radius 2 is 1.83 bits per heavy atom. The third-order valence-electron chi connectivity index (χ3n) is 5.01. The van der Waals surface area contributed by atoms with Gasteiger partial charge in [0.15, 0.2) is 0 Å². The van der Waals surface area contributed by atoms with Crippen molar-refractivity contribution in [3.05, 3.63) is 64.8 Å². The van der Waals surface area contributed by atoms with Gasteiger partial charge in [-0.15, -0.1) is 0 Å². The van der Waals surface area contributed by atoms with Gasteiger partial charge in [0.05, 0.1) is 12.6 Å². The molecule has 182 valence electrons. The molecule has 4 aromatic rings. The Hall–Kier alpha value is -4.31. The lowest BCUT2D eigenvalue weighted by molar-refractivity contribution is -0.138. The predicted octanol–water partition coefficient (Wildman–Crippen LogP) is 4.28. The fourth-order valence-electron chi connectivity index (χ4n) is 3.46. The van der Waals surface area contributed by atoms with Gasteiger partial charge in [-0.1, -0.05) is 11.6 Å². The number of rotatable bonds is 7.